The quantitative estimate of drug-likeness (QED) is 0.226. The van der Waals surface area contributed by atoms with Gasteiger partial charge in [0.1, 0.15) is 0 Å². The molecule has 0 N–H and O–H groups in total. The van der Waals surface area contributed by atoms with Gasteiger partial charge in [-0.05, 0) is 31.1 Å². The molecule has 0 saturated carbocycles. The van der Waals surface area contributed by atoms with Gasteiger partial charge in [-0.1, -0.05) is 103 Å². The molecule has 0 rings (SSSR count). The predicted octanol–water partition coefficient (Wildman–Crippen LogP) is 7.85. The van der Waals surface area contributed by atoms with Crippen molar-refractivity contribution in [3.8, 4) is 0 Å². The summed E-state index contributed by atoms with van der Waals surface area (Å²) in [5.74, 6) is 0. The van der Waals surface area contributed by atoms with Gasteiger partial charge in [-0.2, -0.15) is 0 Å². The number of unbranched alkanes of at least 4 members (excludes halogenated alkanes) is 5. The lowest BCUT2D eigenvalue weighted by molar-refractivity contribution is 0.272. The molecule has 0 radical (unpaired) electrons. The van der Waals surface area contributed by atoms with E-state index in [1.165, 1.54) is 77.0 Å². The van der Waals surface area contributed by atoms with Crippen molar-refractivity contribution in [2.45, 2.75) is 105 Å². The van der Waals surface area contributed by atoms with Crippen LogP contribution in [0.3, 0.4) is 0 Å². The van der Waals surface area contributed by atoms with Crippen LogP contribution in [0.5, 0.6) is 0 Å². The zero-order chi connectivity index (χ0) is 15.8. The van der Waals surface area contributed by atoms with Gasteiger partial charge in [0.05, 0.1) is 0 Å². The minimum Gasteiger partial charge on any atom is -0.0845 e. The molecule has 0 heteroatoms. The Hall–Kier alpha value is -0.520. The Morgan fingerprint density at radius 3 is 1.52 bits per heavy atom. The van der Waals surface area contributed by atoms with E-state index in [2.05, 4.69) is 52.0 Å². The summed E-state index contributed by atoms with van der Waals surface area (Å²) in [7, 11) is 0. The zero-order valence-corrected chi connectivity index (χ0v) is 15.3. The van der Waals surface area contributed by atoms with Crippen LogP contribution in [0, 0.1) is 5.41 Å². The van der Waals surface area contributed by atoms with Crippen LogP contribution in [0.25, 0.3) is 0 Å². The monoisotopic (exact) mass is 292 g/mol. The highest BCUT2D eigenvalue weighted by atomic mass is 14.3. The third-order valence-electron chi connectivity index (χ3n) is 4.51. The third kappa shape index (κ3) is 10.8. The van der Waals surface area contributed by atoms with Crippen molar-refractivity contribution >= 4 is 0 Å². The van der Waals surface area contributed by atoms with Gasteiger partial charge in [0.2, 0.25) is 0 Å². The van der Waals surface area contributed by atoms with E-state index in [9.17, 15) is 0 Å². The topological polar surface area (TPSA) is 0 Å². The van der Waals surface area contributed by atoms with Gasteiger partial charge in [0.15, 0.2) is 0 Å². The molecule has 0 fully saturated rings. The van der Waals surface area contributed by atoms with Crippen molar-refractivity contribution in [2.75, 3.05) is 0 Å². The van der Waals surface area contributed by atoms with Gasteiger partial charge in [0, 0.05) is 0 Å². The fraction of sp³-hybridized carbons (Fsp3) is 0.810. The Morgan fingerprint density at radius 2 is 1.10 bits per heavy atom. The second kappa shape index (κ2) is 14.4. The molecular weight excluding hydrogens is 252 g/mol. The molecule has 0 aromatic rings. The lowest BCUT2D eigenvalue weighted by Gasteiger charge is -2.31. The Balaban J connectivity index is 4.68. The van der Waals surface area contributed by atoms with Crippen LogP contribution in [0.1, 0.15) is 105 Å². The standard InChI is InChI=1S/C21H40/c1-5-9-13-14-15-16-20-21(17-10-6-2,18-11-7-3)19-12-8-4/h14-16,20H,5-13,17-19H2,1-4H3. The normalized spacial score (nSPS) is 12.8. The Bertz CT molecular complexity index is 237. The van der Waals surface area contributed by atoms with Crippen LogP contribution < -0.4 is 0 Å². The average Bonchev–Trinajstić information content (AvgIpc) is 2.51. The largest absolute Gasteiger partial charge is 0.0845 e. The van der Waals surface area contributed by atoms with Gasteiger partial charge >= 0.3 is 0 Å². The highest BCUT2D eigenvalue weighted by Gasteiger charge is 2.24. The molecule has 21 heavy (non-hydrogen) atoms. The SMILES string of the molecule is CCCCC=CC=CC(CCCC)(CCCC)CCCC. The van der Waals surface area contributed by atoms with E-state index in [4.69, 9.17) is 0 Å². The molecule has 0 aromatic carbocycles. The Labute approximate surface area is 135 Å². The van der Waals surface area contributed by atoms with Crippen LogP contribution in [-0.2, 0) is 0 Å². The van der Waals surface area contributed by atoms with Crippen LogP contribution in [0.15, 0.2) is 24.3 Å². The van der Waals surface area contributed by atoms with Crippen molar-refractivity contribution in [3.63, 3.8) is 0 Å². The minimum atomic E-state index is 0.469. The predicted molar refractivity (Wildman–Crippen MR) is 98.8 cm³/mol. The van der Waals surface area contributed by atoms with Crippen molar-refractivity contribution in [1.29, 1.82) is 0 Å². The molecule has 0 aromatic heterocycles. The maximum atomic E-state index is 2.55. The maximum absolute atomic E-state index is 2.55. The van der Waals surface area contributed by atoms with Crippen molar-refractivity contribution in [2.24, 2.45) is 5.41 Å². The first kappa shape index (κ1) is 20.5. The first-order valence-corrected chi connectivity index (χ1v) is 9.59. The second-order valence-electron chi connectivity index (χ2n) is 6.60. The Kier molecular flexibility index (Phi) is 14.1. The van der Waals surface area contributed by atoms with E-state index in [0.29, 0.717) is 5.41 Å². The average molecular weight is 293 g/mol. The van der Waals surface area contributed by atoms with Crippen molar-refractivity contribution in [3.05, 3.63) is 24.3 Å². The summed E-state index contributed by atoms with van der Waals surface area (Å²) < 4.78 is 0. The highest BCUT2D eigenvalue weighted by Crippen LogP contribution is 2.38. The first-order chi connectivity index (χ1) is 10.2. The van der Waals surface area contributed by atoms with Crippen LogP contribution in [0.4, 0.5) is 0 Å². The molecular formula is C21H40. The Morgan fingerprint density at radius 1 is 0.619 bits per heavy atom. The number of rotatable bonds is 14. The molecule has 0 atom stereocenters. The number of allylic oxidation sites excluding steroid dienone is 4. The van der Waals surface area contributed by atoms with E-state index < -0.39 is 0 Å². The van der Waals surface area contributed by atoms with E-state index in [1.807, 2.05) is 0 Å². The molecule has 0 aliphatic heterocycles. The van der Waals surface area contributed by atoms with Gasteiger partial charge in [-0.3, -0.25) is 0 Å². The molecule has 0 nitrogen and oxygen atoms in total. The van der Waals surface area contributed by atoms with E-state index in [-0.39, 0.29) is 0 Å². The molecule has 0 aliphatic carbocycles. The highest BCUT2D eigenvalue weighted by molar-refractivity contribution is 5.09. The minimum absolute atomic E-state index is 0.469. The van der Waals surface area contributed by atoms with Gasteiger partial charge in [-0.25, -0.2) is 0 Å². The molecule has 0 spiro atoms. The second-order valence-corrected chi connectivity index (χ2v) is 6.60. The molecule has 0 amide bonds. The number of hydrogen-bond acceptors (Lipinski definition) is 0. The summed E-state index contributed by atoms with van der Waals surface area (Å²) in [5, 5.41) is 0. The molecule has 0 heterocycles. The number of hydrogen-bond donors (Lipinski definition) is 0. The molecule has 0 unspecified atom stereocenters. The van der Waals surface area contributed by atoms with E-state index >= 15 is 0 Å². The third-order valence-corrected chi connectivity index (χ3v) is 4.51. The zero-order valence-electron chi connectivity index (χ0n) is 15.3. The molecule has 124 valence electrons. The fourth-order valence-corrected chi connectivity index (χ4v) is 2.97. The summed E-state index contributed by atoms with van der Waals surface area (Å²) >= 11 is 0. The summed E-state index contributed by atoms with van der Waals surface area (Å²) in [4.78, 5) is 0. The first-order valence-electron chi connectivity index (χ1n) is 9.59. The lowest BCUT2D eigenvalue weighted by Crippen LogP contribution is -2.18. The van der Waals surface area contributed by atoms with Gasteiger partial charge in [-0.15, -0.1) is 0 Å². The molecule has 0 saturated heterocycles. The lowest BCUT2D eigenvalue weighted by atomic mass is 9.74. The molecule has 0 aliphatic rings. The summed E-state index contributed by atoms with van der Waals surface area (Å²) in [6.45, 7) is 9.21. The van der Waals surface area contributed by atoms with E-state index in [0.717, 1.165) is 0 Å². The fourth-order valence-electron chi connectivity index (χ4n) is 2.97. The summed E-state index contributed by atoms with van der Waals surface area (Å²) in [6, 6.07) is 0. The maximum Gasteiger partial charge on any atom is -0.0115 e. The van der Waals surface area contributed by atoms with Crippen LogP contribution in [0.2, 0.25) is 0 Å². The van der Waals surface area contributed by atoms with Gasteiger partial charge < -0.3 is 0 Å². The van der Waals surface area contributed by atoms with Crippen LogP contribution >= 0.6 is 0 Å². The smallest absolute Gasteiger partial charge is 0.0115 e. The van der Waals surface area contributed by atoms with Gasteiger partial charge in [0.25, 0.3) is 0 Å². The summed E-state index contributed by atoms with van der Waals surface area (Å²) in [6.07, 6.45) is 25.6. The van der Waals surface area contributed by atoms with E-state index in [1.54, 1.807) is 0 Å². The summed E-state index contributed by atoms with van der Waals surface area (Å²) in [5.41, 5.74) is 0.469. The van der Waals surface area contributed by atoms with Crippen molar-refractivity contribution < 1.29 is 0 Å². The van der Waals surface area contributed by atoms with Crippen molar-refractivity contribution in [1.82, 2.24) is 0 Å². The van der Waals surface area contributed by atoms with Crippen LogP contribution in [-0.4, -0.2) is 0 Å². The molecule has 0 bridgehead atoms.